The molecule has 1 fully saturated rings. The largest absolute Gasteiger partial charge is 0.353 e. The highest BCUT2D eigenvalue weighted by molar-refractivity contribution is 5.84. The molecule has 15 heavy (non-hydrogen) atoms. The van der Waals surface area contributed by atoms with E-state index in [1.165, 1.54) is 0 Å². The van der Waals surface area contributed by atoms with Crippen molar-refractivity contribution in [2.45, 2.75) is 44.6 Å². The van der Waals surface area contributed by atoms with Crippen LogP contribution >= 0.6 is 0 Å². The molecule has 0 heterocycles. The van der Waals surface area contributed by atoms with Crippen LogP contribution in [0.15, 0.2) is 12.2 Å². The zero-order valence-electron chi connectivity index (χ0n) is 9.17. The average Bonchev–Trinajstić information content (AvgIpc) is 2.18. The van der Waals surface area contributed by atoms with E-state index in [4.69, 9.17) is 5.73 Å². The van der Waals surface area contributed by atoms with Crippen molar-refractivity contribution in [3.8, 4) is 0 Å². The quantitative estimate of drug-likeness (QED) is 0.688. The summed E-state index contributed by atoms with van der Waals surface area (Å²) < 4.78 is 0. The molecule has 0 saturated heterocycles. The summed E-state index contributed by atoms with van der Waals surface area (Å²) >= 11 is 0. The molecule has 3 N–H and O–H groups in total. The first-order chi connectivity index (χ1) is 7.27. The van der Waals surface area contributed by atoms with Crippen molar-refractivity contribution in [3.63, 3.8) is 0 Å². The van der Waals surface area contributed by atoms with Gasteiger partial charge in [0.25, 0.3) is 0 Å². The van der Waals surface area contributed by atoms with E-state index in [1.54, 1.807) is 0 Å². The van der Waals surface area contributed by atoms with E-state index in [-0.39, 0.29) is 11.3 Å². The third-order valence-corrected chi connectivity index (χ3v) is 3.79. The molecule has 3 nitrogen and oxygen atoms in total. The van der Waals surface area contributed by atoms with Gasteiger partial charge in [-0.05, 0) is 32.1 Å². The van der Waals surface area contributed by atoms with Crippen LogP contribution in [0.5, 0.6) is 0 Å². The van der Waals surface area contributed by atoms with Crippen molar-refractivity contribution in [1.82, 2.24) is 5.32 Å². The Balaban J connectivity index is 1.88. The van der Waals surface area contributed by atoms with Crippen molar-refractivity contribution >= 4 is 5.91 Å². The first-order valence-electron chi connectivity index (χ1n) is 5.93. The summed E-state index contributed by atoms with van der Waals surface area (Å²) in [6, 6.07) is 0.339. The monoisotopic (exact) mass is 208 g/mol. The summed E-state index contributed by atoms with van der Waals surface area (Å²) in [5, 5.41) is 3.14. The fourth-order valence-corrected chi connectivity index (χ4v) is 2.39. The highest BCUT2D eigenvalue weighted by Crippen LogP contribution is 2.40. The molecule has 0 aliphatic heterocycles. The first-order valence-corrected chi connectivity index (χ1v) is 5.93. The Morgan fingerprint density at radius 2 is 2.27 bits per heavy atom. The smallest absolute Gasteiger partial charge is 0.227 e. The van der Waals surface area contributed by atoms with Crippen molar-refractivity contribution in [3.05, 3.63) is 12.2 Å². The lowest BCUT2D eigenvalue weighted by atomic mass is 9.68. The lowest BCUT2D eigenvalue weighted by Gasteiger charge is -2.40. The van der Waals surface area contributed by atoms with Gasteiger partial charge in [0.2, 0.25) is 5.91 Å². The Kier molecular flexibility index (Phi) is 3.10. The molecule has 0 aromatic heterocycles. The van der Waals surface area contributed by atoms with E-state index in [0.29, 0.717) is 12.6 Å². The van der Waals surface area contributed by atoms with Crippen LogP contribution < -0.4 is 11.1 Å². The Hall–Kier alpha value is -0.830. The Morgan fingerprint density at radius 1 is 1.47 bits per heavy atom. The number of rotatable bonds is 3. The van der Waals surface area contributed by atoms with E-state index in [0.717, 1.165) is 38.5 Å². The minimum atomic E-state index is -0.221. The van der Waals surface area contributed by atoms with Gasteiger partial charge in [-0.15, -0.1) is 0 Å². The van der Waals surface area contributed by atoms with Crippen molar-refractivity contribution in [2.75, 3.05) is 6.54 Å². The summed E-state index contributed by atoms with van der Waals surface area (Å²) in [6.07, 6.45) is 10.6. The minimum absolute atomic E-state index is 0.191. The van der Waals surface area contributed by atoms with Gasteiger partial charge in [0.1, 0.15) is 0 Å². The standard InChI is InChI=1S/C12H20N2O/c13-9-12(7-4-8-12)11(15)14-10-5-2-1-3-6-10/h1-2,10H,3-9,13H2,(H,14,15). The molecule has 2 rings (SSSR count). The number of hydrogen-bond acceptors (Lipinski definition) is 2. The lowest BCUT2D eigenvalue weighted by Crippen LogP contribution is -2.52. The molecular weight excluding hydrogens is 188 g/mol. The summed E-state index contributed by atoms with van der Waals surface area (Å²) in [5.41, 5.74) is 5.48. The van der Waals surface area contributed by atoms with E-state index < -0.39 is 0 Å². The highest BCUT2D eigenvalue weighted by atomic mass is 16.2. The molecule has 0 aromatic rings. The molecular formula is C12H20N2O. The van der Waals surface area contributed by atoms with Crippen LogP contribution in [0, 0.1) is 5.41 Å². The highest BCUT2D eigenvalue weighted by Gasteiger charge is 2.43. The normalized spacial score (nSPS) is 28.2. The van der Waals surface area contributed by atoms with E-state index in [9.17, 15) is 4.79 Å². The second kappa shape index (κ2) is 4.35. The maximum atomic E-state index is 12.0. The number of nitrogens with one attached hydrogen (secondary N) is 1. The van der Waals surface area contributed by atoms with E-state index in [2.05, 4.69) is 17.5 Å². The van der Waals surface area contributed by atoms with Crippen LogP contribution in [-0.4, -0.2) is 18.5 Å². The molecule has 3 heteroatoms. The summed E-state index contributed by atoms with van der Waals surface area (Å²) in [6.45, 7) is 0.501. The molecule has 0 aromatic carbocycles. The summed E-state index contributed by atoms with van der Waals surface area (Å²) in [7, 11) is 0. The lowest BCUT2D eigenvalue weighted by molar-refractivity contribution is -0.136. The van der Waals surface area contributed by atoms with Crippen LogP contribution in [0.4, 0.5) is 0 Å². The predicted molar refractivity (Wildman–Crippen MR) is 60.3 cm³/mol. The molecule has 2 aliphatic rings. The Labute approximate surface area is 91.1 Å². The molecule has 1 unspecified atom stereocenters. The number of hydrogen-bond donors (Lipinski definition) is 2. The van der Waals surface area contributed by atoms with E-state index >= 15 is 0 Å². The second-order valence-corrected chi connectivity index (χ2v) is 4.79. The topological polar surface area (TPSA) is 55.1 Å². The van der Waals surface area contributed by atoms with Gasteiger partial charge < -0.3 is 11.1 Å². The van der Waals surface area contributed by atoms with E-state index in [1.807, 2.05) is 0 Å². The molecule has 0 bridgehead atoms. The van der Waals surface area contributed by atoms with Gasteiger partial charge in [-0.3, -0.25) is 4.79 Å². The van der Waals surface area contributed by atoms with Crippen molar-refractivity contribution in [2.24, 2.45) is 11.1 Å². The maximum absolute atomic E-state index is 12.0. The molecule has 0 spiro atoms. The fourth-order valence-electron chi connectivity index (χ4n) is 2.39. The third kappa shape index (κ3) is 2.07. The minimum Gasteiger partial charge on any atom is -0.353 e. The zero-order valence-corrected chi connectivity index (χ0v) is 9.17. The maximum Gasteiger partial charge on any atom is 0.227 e. The molecule has 84 valence electrons. The number of carbonyl (C=O) groups excluding carboxylic acids is 1. The van der Waals surface area contributed by atoms with Gasteiger partial charge in [0.05, 0.1) is 5.41 Å². The van der Waals surface area contributed by atoms with Gasteiger partial charge in [-0.2, -0.15) is 0 Å². The van der Waals surface area contributed by atoms with Crippen LogP contribution in [0.3, 0.4) is 0 Å². The average molecular weight is 208 g/mol. The van der Waals surface area contributed by atoms with Crippen molar-refractivity contribution in [1.29, 1.82) is 0 Å². The number of allylic oxidation sites excluding steroid dienone is 1. The summed E-state index contributed by atoms with van der Waals surface area (Å²) in [4.78, 5) is 12.0. The van der Waals surface area contributed by atoms with Crippen LogP contribution in [0.25, 0.3) is 0 Å². The molecule has 1 amide bonds. The van der Waals surface area contributed by atoms with Crippen LogP contribution in [-0.2, 0) is 4.79 Å². The van der Waals surface area contributed by atoms with Gasteiger partial charge in [0.15, 0.2) is 0 Å². The zero-order chi connectivity index (χ0) is 10.7. The molecule has 2 aliphatic carbocycles. The second-order valence-electron chi connectivity index (χ2n) is 4.79. The first kappa shape index (κ1) is 10.7. The fraction of sp³-hybridized carbons (Fsp3) is 0.750. The van der Waals surface area contributed by atoms with Crippen LogP contribution in [0.2, 0.25) is 0 Å². The Bertz CT molecular complexity index is 263. The number of amides is 1. The van der Waals surface area contributed by atoms with Gasteiger partial charge in [-0.25, -0.2) is 0 Å². The van der Waals surface area contributed by atoms with Crippen LogP contribution in [0.1, 0.15) is 38.5 Å². The number of nitrogens with two attached hydrogens (primary N) is 1. The van der Waals surface area contributed by atoms with Gasteiger partial charge in [-0.1, -0.05) is 18.6 Å². The third-order valence-electron chi connectivity index (χ3n) is 3.79. The predicted octanol–water partition coefficient (Wildman–Crippen LogP) is 1.34. The number of carbonyl (C=O) groups is 1. The summed E-state index contributed by atoms with van der Waals surface area (Å²) in [5.74, 6) is 0.191. The molecule has 0 radical (unpaired) electrons. The SMILES string of the molecule is NCC1(C(=O)NC2CC=CCC2)CCC1. The van der Waals surface area contributed by atoms with Gasteiger partial charge in [0, 0.05) is 12.6 Å². The van der Waals surface area contributed by atoms with Gasteiger partial charge >= 0.3 is 0 Å². The molecule has 1 atom stereocenters. The Morgan fingerprint density at radius 3 is 2.73 bits per heavy atom. The van der Waals surface area contributed by atoms with Crippen molar-refractivity contribution < 1.29 is 4.79 Å². The molecule has 1 saturated carbocycles.